The molecular formula is C15H12FN5O. The number of aryl methyl sites for hydroxylation is 1. The van der Waals surface area contributed by atoms with Crippen molar-refractivity contribution in [2.45, 2.75) is 0 Å². The van der Waals surface area contributed by atoms with Gasteiger partial charge in [-0.2, -0.15) is 0 Å². The molecule has 0 unspecified atom stereocenters. The van der Waals surface area contributed by atoms with E-state index in [1.54, 1.807) is 31.3 Å². The third-order valence-electron chi connectivity index (χ3n) is 3.09. The van der Waals surface area contributed by atoms with E-state index < -0.39 is 5.82 Å². The molecule has 3 aromatic rings. The maximum Gasteiger partial charge on any atom is 0.255 e. The molecule has 1 aromatic heterocycles. The molecule has 6 nitrogen and oxygen atoms in total. The van der Waals surface area contributed by atoms with Crippen molar-refractivity contribution >= 4 is 11.6 Å². The number of tetrazole rings is 1. The number of anilines is 1. The van der Waals surface area contributed by atoms with E-state index in [9.17, 15) is 9.18 Å². The Hall–Kier alpha value is -3.09. The van der Waals surface area contributed by atoms with E-state index in [4.69, 9.17) is 0 Å². The molecule has 1 heterocycles. The largest absolute Gasteiger partial charge is 0.322 e. The smallest absolute Gasteiger partial charge is 0.255 e. The zero-order valence-corrected chi connectivity index (χ0v) is 11.7. The van der Waals surface area contributed by atoms with Crippen molar-refractivity contribution in [3.63, 3.8) is 0 Å². The number of nitrogens with one attached hydrogen (secondary N) is 1. The summed E-state index contributed by atoms with van der Waals surface area (Å²) >= 11 is 0. The molecule has 0 spiro atoms. The van der Waals surface area contributed by atoms with Crippen LogP contribution in [0.1, 0.15) is 10.4 Å². The van der Waals surface area contributed by atoms with Gasteiger partial charge >= 0.3 is 0 Å². The van der Waals surface area contributed by atoms with E-state index in [1.807, 2.05) is 6.07 Å². The molecule has 0 atom stereocenters. The minimum absolute atomic E-state index is 0.331. The van der Waals surface area contributed by atoms with Crippen LogP contribution < -0.4 is 5.32 Å². The molecule has 22 heavy (non-hydrogen) atoms. The van der Waals surface area contributed by atoms with Crippen LogP contribution in [0.2, 0.25) is 0 Å². The average molecular weight is 297 g/mol. The molecule has 0 saturated carbocycles. The third-order valence-corrected chi connectivity index (χ3v) is 3.09. The Morgan fingerprint density at radius 1 is 1.18 bits per heavy atom. The minimum Gasteiger partial charge on any atom is -0.322 e. The summed E-state index contributed by atoms with van der Waals surface area (Å²) in [6, 6.07) is 12.6. The van der Waals surface area contributed by atoms with Gasteiger partial charge in [-0.15, -0.1) is 5.10 Å². The van der Waals surface area contributed by atoms with Crippen LogP contribution in [0.4, 0.5) is 10.1 Å². The van der Waals surface area contributed by atoms with Gasteiger partial charge in [-0.1, -0.05) is 18.2 Å². The Morgan fingerprint density at radius 3 is 2.73 bits per heavy atom. The highest BCUT2D eigenvalue weighted by molar-refractivity contribution is 6.04. The van der Waals surface area contributed by atoms with Crippen molar-refractivity contribution in [1.82, 2.24) is 20.2 Å². The average Bonchev–Trinajstić information content (AvgIpc) is 2.93. The number of nitrogens with zero attached hydrogens (tertiary/aromatic N) is 4. The fraction of sp³-hybridized carbons (Fsp3) is 0.0667. The van der Waals surface area contributed by atoms with E-state index >= 15 is 0 Å². The van der Waals surface area contributed by atoms with E-state index in [0.717, 1.165) is 5.56 Å². The molecule has 0 aliphatic heterocycles. The summed E-state index contributed by atoms with van der Waals surface area (Å²) in [5.41, 5.74) is 1.56. The highest BCUT2D eigenvalue weighted by Gasteiger charge is 2.11. The molecule has 110 valence electrons. The number of halogens is 1. The number of hydrogen-bond acceptors (Lipinski definition) is 4. The maximum atomic E-state index is 13.1. The molecule has 7 heteroatoms. The standard InChI is InChI=1S/C15H12FN5O/c1-21-14(18-19-20-21)10-4-2-5-11(8-10)15(22)17-13-7-3-6-12(16)9-13/h2-9H,1H3,(H,17,22). The molecule has 0 saturated heterocycles. The lowest BCUT2D eigenvalue weighted by Gasteiger charge is -2.06. The summed E-state index contributed by atoms with van der Waals surface area (Å²) in [5.74, 6) is -0.181. The number of carbonyl (C=O) groups excluding carboxylic acids is 1. The summed E-state index contributed by atoms with van der Waals surface area (Å²) in [7, 11) is 1.72. The first-order valence-electron chi connectivity index (χ1n) is 6.53. The molecule has 2 aromatic carbocycles. The van der Waals surface area contributed by atoms with E-state index in [-0.39, 0.29) is 5.91 Å². The van der Waals surface area contributed by atoms with Gasteiger partial charge < -0.3 is 5.32 Å². The van der Waals surface area contributed by atoms with Crippen molar-refractivity contribution in [2.75, 3.05) is 5.32 Å². The topological polar surface area (TPSA) is 72.7 Å². The molecule has 3 rings (SSSR count). The molecule has 1 N–H and O–H groups in total. The van der Waals surface area contributed by atoms with Crippen LogP contribution in [0.5, 0.6) is 0 Å². The van der Waals surface area contributed by atoms with E-state index in [0.29, 0.717) is 17.1 Å². The van der Waals surface area contributed by atoms with Gasteiger partial charge in [0.25, 0.3) is 5.91 Å². The molecule has 0 bridgehead atoms. The molecular weight excluding hydrogens is 285 g/mol. The van der Waals surface area contributed by atoms with E-state index in [2.05, 4.69) is 20.8 Å². The summed E-state index contributed by atoms with van der Waals surface area (Å²) < 4.78 is 14.7. The first-order valence-corrected chi connectivity index (χ1v) is 6.53. The van der Waals surface area contributed by atoms with Crippen molar-refractivity contribution in [3.8, 4) is 11.4 Å². The van der Waals surface area contributed by atoms with Gasteiger partial charge in [-0.25, -0.2) is 9.07 Å². The van der Waals surface area contributed by atoms with Gasteiger partial charge in [0.05, 0.1) is 0 Å². The zero-order valence-electron chi connectivity index (χ0n) is 11.7. The normalized spacial score (nSPS) is 10.5. The molecule has 0 radical (unpaired) electrons. The second kappa shape index (κ2) is 5.72. The van der Waals surface area contributed by atoms with Gasteiger partial charge in [-0.05, 0) is 40.8 Å². The van der Waals surface area contributed by atoms with Crippen molar-refractivity contribution in [2.24, 2.45) is 7.05 Å². The Labute approximate surface area is 125 Å². The summed E-state index contributed by atoms with van der Waals surface area (Å²) in [6.07, 6.45) is 0. The molecule has 0 aliphatic rings. The Balaban J connectivity index is 1.86. The highest BCUT2D eigenvalue weighted by atomic mass is 19.1. The molecule has 1 amide bonds. The van der Waals surface area contributed by atoms with Crippen LogP contribution in [0.25, 0.3) is 11.4 Å². The molecule has 0 aliphatic carbocycles. The maximum absolute atomic E-state index is 13.1. The van der Waals surface area contributed by atoms with Gasteiger partial charge in [-0.3, -0.25) is 4.79 Å². The highest BCUT2D eigenvalue weighted by Crippen LogP contribution is 2.18. The first kappa shape index (κ1) is 13.9. The number of aromatic nitrogens is 4. The van der Waals surface area contributed by atoms with Gasteiger partial charge in [0, 0.05) is 23.9 Å². The van der Waals surface area contributed by atoms with Crippen molar-refractivity contribution in [3.05, 3.63) is 59.9 Å². The lowest BCUT2D eigenvalue weighted by Crippen LogP contribution is -2.12. The fourth-order valence-corrected chi connectivity index (χ4v) is 2.04. The van der Waals surface area contributed by atoms with Crippen LogP contribution in [-0.2, 0) is 7.05 Å². The summed E-state index contributed by atoms with van der Waals surface area (Å²) in [6.45, 7) is 0. The second-order valence-electron chi connectivity index (χ2n) is 4.67. The third kappa shape index (κ3) is 2.83. The quantitative estimate of drug-likeness (QED) is 0.805. The number of amides is 1. The lowest BCUT2D eigenvalue weighted by molar-refractivity contribution is 0.102. The summed E-state index contributed by atoms with van der Waals surface area (Å²) in [4.78, 5) is 12.2. The van der Waals surface area contributed by atoms with Gasteiger partial charge in [0.1, 0.15) is 5.82 Å². The number of benzene rings is 2. The fourth-order valence-electron chi connectivity index (χ4n) is 2.04. The lowest BCUT2D eigenvalue weighted by atomic mass is 10.1. The first-order chi connectivity index (χ1) is 10.6. The van der Waals surface area contributed by atoms with E-state index in [1.165, 1.54) is 22.9 Å². The summed E-state index contributed by atoms with van der Waals surface area (Å²) in [5, 5.41) is 13.9. The monoisotopic (exact) mass is 297 g/mol. The van der Waals surface area contributed by atoms with Crippen molar-refractivity contribution in [1.29, 1.82) is 0 Å². The Kier molecular flexibility index (Phi) is 3.61. The van der Waals surface area contributed by atoms with Crippen LogP contribution in [-0.4, -0.2) is 26.1 Å². The Morgan fingerprint density at radius 2 is 2.00 bits per heavy atom. The van der Waals surface area contributed by atoms with Crippen LogP contribution in [0.3, 0.4) is 0 Å². The predicted molar refractivity (Wildman–Crippen MR) is 78.6 cm³/mol. The number of carbonyl (C=O) groups is 1. The molecule has 0 fully saturated rings. The van der Waals surface area contributed by atoms with Crippen LogP contribution in [0, 0.1) is 5.82 Å². The minimum atomic E-state index is -0.406. The van der Waals surface area contributed by atoms with Gasteiger partial charge in [0.15, 0.2) is 5.82 Å². The van der Waals surface area contributed by atoms with Gasteiger partial charge in [0.2, 0.25) is 0 Å². The van der Waals surface area contributed by atoms with Crippen LogP contribution in [0.15, 0.2) is 48.5 Å². The zero-order chi connectivity index (χ0) is 15.5. The van der Waals surface area contributed by atoms with Crippen molar-refractivity contribution < 1.29 is 9.18 Å². The number of rotatable bonds is 3. The van der Waals surface area contributed by atoms with Crippen LogP contribution >= 0.6 is 0 Å². The predicted octanol–water partition coefficient (Wildman–Crippen LogP) is 2.27. The SMILES string of the molecule is Cn1nnnc1-c1cccc(C(=O)Nc2cccc(F)c2)c1. The number of hydrogen-bond donors (Lipinski definition) is 1. The second-order valence-corrected chi connectivity index (χ2v) is 4.67. The Bertz CT molecular complexity index is 830.